The number of pyridine rings is 1. The van der Waals surface area contributed by atoms with Crippen molar-refractivity contribution in [1.29, 1.82) is 5.26 Å². The summed E-state index contributed by atoms with van der Waals surface area (Å²) >= 11 is 0. The highest BCUT2D eigenvalue weighted by molar-refractivity contribution is 5.91. The van der Waals surface area contributed by atoms with Crippen LogP contribution in [0.5, 0.6) is 6.01 Å². The van der Waals surface area contributed by atoms with Crippen LogP contribution in [-0.4, -0.2) is 55.7 Å². The molecule has 0 unspecified atom stereocenters. The fraction of sp³-hybridized carbons (Fsp3) is 0.458. The van der Waals surface area contributed by atoms with E-state index in [1.165, 1.54) is 0 Å². The molecular formula is C24H27N9O2. The minimum absolute atomic E-state index is 0.0332. The molecule has 2 fully saturated rings. The number of nitrogens with zero attached hydrogens (tertiary/aromatic N) is 7. The first-order valence-corrected chi connectivity index (χ1v) is 11.8. The van der Waals surface area contributed by atoms with Crippen LogP contribution in [0.1, 0.15) is 61.3 Å². The summed E-state index contributed by atoms with van der Waals surface area (Å²) in [6.45, 7) is 7.30. The Morgan fingerprint density at radius 1 is 1.34 bits per heavy atom. The summed E-state index contributed by atoms with van der Waals surface area (Å²) in [4.78, 5) is 32.2. The maximum Gasteiger partial charge on any atom is 0.322 e. The summed E-state index contributed by atoms with van der Waals surface area (Å²) in [5.74, 6) is 0.199. The summed E-state index contributed by atoms with van der Waals surface area (Å²) < 4.78 is 5.77. The van der Waals surface area contributed by atoms with E-state index in [0.29, 0.717) is 37.1 Å². The Kier molecular flexibility index (Phi) is 6.03. The second-order valence-corrected chi connectivity index (χ2v) is 9.11. The highest BCUT2D eigenvalue weighted by Gasteiger charge is 2.44. The summed E-state index contributed by atoms with van der Waals surface area (Å²) in [6, 6.07) is 6.30. The topological polar surface area (TPSA) is 146 Å². The lowest BCUT2D eigenvalue weighted by molar-refractivity contribution is 0.0952. The number of rotatable bonds is 8. The number of carbonyl (C=O) groups is 1. The third-order valence-electron chi connectivity index (χ3n) is 6.64. The first-order valence-electron chi connectivity index (χ1n) is 11.8. The van der Waals surface area contributed by atoms with Crippen molar-refractivity contribution in [2.24, 2.45) is 5.41 Å². The second-order valence-electron chi connectivity index (χ2n) is 9.11. The van der Waals surface area contributed by atoms with Gasteiger partial charge >= 0.3 is 6.01 Å². The molecule has 4 heterocycles. The normalized spacial score (nSPS) is 17.1. The van der Waals surface area contributed by atoms with Gasteiger partial charge in [0, 0.05) is 42.0 Å². The molecule has 3 aromatic rings. The van der Waals surface area contributed by atoms with Crippen LogP contribution in [0.25, 0.3) is 11.0 Å². The lowest BCUT2D eigenvalue weighted by atomic mass is 9.92. The van der Waals surface area contributed by atoms with Crippen molar-refractivity contribution in [3.63, 3.8) is 0 Å². The molecule has 0 aromatic carbocycles. The molecule has 1 aliphatic heterocycles. The maximum absolute atomic E-state index is 12.7. The predicted octanol–water partition coefficient (Wildman–Crippen LogP) is 2.86. The van der Waals surface area contributed by atoms with Crippen molar-refractivity contribution in [2.45, 2.75) is 44.9 Å². The van der Waals surface area contributed by atoms with E-state index >= 15 is 0 Å². The first kappa shape index (κ1) is 22.7. The largest absolute Gasteiger partial charge is 0.462 e. The van der Waals surface area contributed by atoms with Crippen molar-refractivity contribution in [1.82, 2.24) is 35.5 Å². The Balaban J connectivity index is 1.34. The average Bonchev–Trinajstić information content (AvgIpc) is 3.56. The molecule has 180 valence electrons. The number of amides is 1. The average molecular weight is 474 g/mol. The molecule has 5 rings (SSSR count). The first-order chi connectivity index (χ1) is 17.0. The summed E-state index contributed by atoms with van der Waals surface area (Å²) in [5.41, 5.74) is 1.91. The van der Waals surface area contributed by atoms with Crippen LogP contribution in [-0.2, 0) is 0 Å². The zero-order valence-corrected chi connectivity index (χ0v) is 19.6. The van der Waals surface area contributed by atoms with Gasteiger partial charge in [0.05, 0.1) is 11.5 Å². The summed E-state index contributed by atoms with van der Waals surface area (Å²) in [5, 5.41) is 20.6. The fourth-order valence-corrected chi connectivity index (χ4v) is 4.15. The number of anilines is 1. The standard InChI is InChI=1S/C24H27N9O2/c1-3-15(2)27-21(34)20-28-22(30-23(29-20)35-14-24(13-25)8-9-24)33-11-6-16(7-12-33)18-17-5-4-10-26-19(17)32-31-18/h4-5,10,16H,2-3,6-9,11-12,14H2,1H3,(H,27,34)(H,26,31,32). The predicted molar refractivity (Wildman–Crippen MR) is 128 cm³/mol. The molecule has 1 saturated heterocycles. The zero-order chi connectivity index (χ0) is 24.4. The van der Waals surface area contributed by atoms with E-state index in [1.807, 2.05) is 24.0 Å². The molecule has 11 nitrogen and oxygen atoms in total. The number of nitriles is 1. The Hall–Kier alpha value is -4.07. The molecule has 0 bridgehead atoms. The van der Waals surface area contributed by atoms with Crippen molar-refractivity contribution < 1.29 is 9.53 Å². The Labute approximate surface area is 202 Å². The van der Waals surface area contributed by atoms with Gasteiger partial charge in [0.2, 0.25) is 11.8 Å². The van der Waals surface area contributed by atoms with Crippen molar-refractivity contribution in [2.75, 3.05) is 24.6 Å². The number of H-pyrrole nitrogens is 1. The quantitative estimate of drug-likeness (QED) is 0.504. The number of ether oxygens (including phenoxy) is 1. The van der Waals surface area contributed by atoms with Gasteiger partial charge < -0.3 is 15.0 Å². The number of carbonyl (C=O) groups excluding carboxylic acids is 1. The van der Waals surface area contributed by atoms with Gasteiger partial charge in [-0.25, -0.2) is 4.98 Å². The highest BCUT2D eigenvalue weighted by atomic mass is 16.5. The van der Waals surface area contributed by atoms with Gasteiger partial charge in [-0.2, -0.15) is 25.3 Å². The Bertz CT molecular complexity index is 1300. The smallest absolute Gasteiger partial charge is 0.322 e. The molecule has 0 spiro atoms. The van der Waals surface area contributed by atoms with Gasteiger partial charge in [0.25, 0.3) is 5.91 Å². The van der Waals surface area contributed by atoms with Gasteiger partial charge in [0.15, 0.2) is 5.65 Å². The molecule has 35 heavy (non-hydrogen) atoms. The van der Waals surface area contributed by atoms with Crippen LogP contribution in [0, 0.1) is 16.7 Å². The number of aromatic nitrogens is 6. The van der Waals surface area contributed by atoms with E-state index in [1.54, 1.807) is 6.20 Å². The molecule has 0 atom stereocenters. The number of fused-ring (bicyclic) bond motifs is 1. The van der Waals surface area contributed by atoms with Crippen LogP contribution in [0.4, 0.5) is 5.95 Å². The molecule has 1 saturated carbocycles. The van der Waals surface area contributed by atoms with Gasteiger partial charge in [0.1, 0.15) is 6.61 Å². The molecular weight excluding hydrogens is 446 g/mol. The third-order valence-corrected chi connectivity index (χ3v) is 6.64. The minimum Gasteiger partial charge on any atom is -0.462 e. The molecule has 1 amide bonds. The van der Waals surface area contributed by atoms with Gasteiger partial charge in [-0.3, -0.25) is 9.89 Å². The Morgan fingerprint density at radius 3 is 2.86 bits per heavy atom. The fourth-order valence-electron chi connectivity index (χ4n) is 4.15. The number of hydrogen-bond acceptors (Lipinski definition) is 9. The molecule has 1 aliphatic carbocycles. The second kappa shape index (κ2) is 9.29. The van der Waals surface area contributed by atoms with E-state index in [4.69, 9.17) is 4.74 Å². The van der Waals surface area contributed by atoms with Crippen molar-refractivity contribution in [3.05, 3.63) is 42.1 Å². The Morgan fingerprint density at radius 2 is 2.14 bits per heavy atom. The van der Waals surface area contributed by atoms with E-state index in [9.17, 15) is 10.1 Å². The molecule has 2 N–H and O–H groups in total. The number of piperidine rings is 1. The van der Waals surface area contributed by atoms with Crippen LogP contribution in [0.3, 0.4) is 0 Å². The number of nitrogens with one attached hydrogen (secondary N) is 2. The van der Waals surface area contributed by atoms with Crippen LogP contribution < -0.4 is 15.0 Å². The summed E-state index contributed by atoms with van der Waals surface area (Å²) in [7, 11) is 0. The van der Waals surface area contributed by atoms with Gasteiger partial charge in [-0.15, -0.1) is 0 Å². The van der Waals surface area contributed by atoms with Crippen LogP contribution in [0.2, 0.25) is 0 Å². The van der Waals surface area contributed by atoms with Gasteiger partial charge in [-0.1, -0.05) is 13.5 Å². The van der Waals surface area contributed by atoms with E-state index in [-0.39, 0.29) is 18.4 Å². The van der Waals surface area contributed by atoms with E-state index in [0.717, 1.165) is 42.4 Å². The maximum atomic E-state index is 12.7. The van der Waals surface area contributed by atoms with Crippen molar-refractivity contribution >= 4 is 22.9 Å². The zero-order valence-electron chi connectivity index (χ0n) is 19.6. The molecule has 0 radical (unpaired) electrons. The number of hydrogen-bond donors (Lipinski definition) is 2. The van der Waals surface area contributed by atoms with E-state index in [2.05, 4.69) is 48.1 Å². The van der Waals surface area contributed by atoms with E-state index < -0.39 is 11.3 Å². The molecule has 2 aliphatic rings. The molecule has 3 aromatic heterocycles. The number of aromatic amines is 1. The lowest BCUT2D eigenvalue weighted by Gasteiger charge is -2.31. The molecule has 11 heteroatoms. The SMILES string of the molecule is C=C(CC)NC(=O)c1nc(OCC2(C#N)CC2)nc(N2CCC(c3[nH]nc4ncccc34)CC2)n1. The third kappa shape index (κ3) is 4.77. The summed E-state index contributed by atoms with van der Waals surface area (Å²) in [6.07, 6.45) is 5.64. The lowest BCUT2D eigenvalue weighted by Crippen LogP contribution is -2.35. The van der Waals surface area contributed by atoms with Crippen LogP contribution in [0.15, 0.2) is 30.6 Å². The van der Waals surface area contributed by atoms with Crippen LogP contribution >= 0.6 is 0 Å². The minimum atomic E-state index is -0.480. The highest BCUT2D eigenvalue weighted by Crippen LogP contribution is 2.44. The van der Waals surface area contributed by atoms with Crippen molar-refractivity contribution in [3.8, 4) is 12.1 Å². The monoisotopic (exact) mass is 473 g/mol. The van der Waals surface area contributed by atoms with Gasteiger partial charge in [-0.05, 0) is 44.2 Å². The number of allylic oxidation sites excluding steroid dienone is 1.